The Kier molecular flexibility index (Phi) is 8.79. The monoisotopic (exact) mass is 706 g/mol. The van der Waals surface area contributed by atoms with Gasteiger partial charge < -0.3 is 9.47 Å². The van der Waals surface area contributed by atoms with Crippen LogP contribution in [-0.4, -0.2) is 29.4 Å². The number of rotatable bonds is 6. The molecule has 0 unspecified atom stereocenters. The number of ether oxygens (including phenoxy) is 2. The van der Waals surface area contributed by atoms with Crippen LogP contribution in [0.2, 0.25) is 5.02 Å². The standard InChI is InChI=1S/C26H20Br2ClF3N2O4S/c1-4-37-24(36)19-20(14-5-7-15(29)8-6-14)34-23(35)18(39-25(34)33-22(19)26(30,31)32)11-13-9-16(27)21(17(28)10-13)38-12(2)3/h5-12,20H,4H2,1-3H3/b18-11-/t20-/m1/s1. The summed E-state index contributed by atoms with van der Waals surface area (Å²) in [6, 6.07) is 7.88. The minimum absolute atomic E-state index is 0.0866. The maximum Gasteiger partial charge on any atom is 0.434 e. The summed E-state index contributed by atoms with van der Waals surface area (Å²) in [5.74, 6) is -0.642. The Balaban J connectivity index is 1.99. The van der Waals surface area contributed by atoms with Crippen LogP contribution in [0.15, 0.2) is 66.4 Å². The summed E-state index contributed by atoms with van der Waals surface area (Å²) in [5.41, 5.74) is -1.97. The number of thiazole rings is 1. The summed E-state index contributed by atoms with van der Waals surface area (Å²) in [4.78, 5) is 30.1. The van der Waals surface area contributed by atoms with Crippen LogP contribution in [0.4, 0.5) is 13.2 Å². The highest BCUT2D eigenvalue weighted by molar-refractivity contribution is 9.11. The lowest BCUT2D eigenvalue weighted by molar-refractivity contribution is -0.140. The number of alkyl halides is 3. The Hall–Kier alpha value is -2.41. The van der Waals surface area contributed by atoms with Gasteiger partial charge >= 0.3 is 12.1 Å². The number of halogens is 6. The lowest BCUT2D eigenvalue weighted by Gasteiger charge is -2.26. The first-order valence-electron chi connectivity index (χ1n) is 11.5. The van der Waals surface area contributed by atoms with Crippen LogP contribution in [0.3, 0.4) is 0 Å². The van der Waals surface area contributed by atoms with Crippen molar-refractivity contribution in [1.29, 1.82) is 0 Å². The van der Waals surface area contributed by atoms with Crippen molar-refractivity contribution in [2.75, 3.05) is 6.61 Å². The number of hydrogen-bond acceptors (Lipinski definition) is 6. The molecular formula is C26H20Br2ClF3N2O4S. The number of benzene rings is 2. The molecule has 1 aliphatic heterocycles. The summed E-state index contributed by atoms with van der Waals surface area (Å²) in [5, 5.41) is 0.338. The van der Waals surface area contributed by atoms with Gasteiger partial charge in [-0.25, -0.2) is 9.79 Å². The van der Waals surface area contributed by atoms with Crippen molar-refractivity contribution in [2.24, 2.45) is 4.99 Å². The van der Waals surface area contributed by atoms with Crippen LogP contribution < -0.4 is 19.6 Å². The average Bonchev–Trinajstić information content (AvgIpc) is 3.15. The molecule has 0 radical (unpaired) electrons. The topological polar surface area (TPSA) is 69.9 Å². The van der Waals surface area contributed by atoms with E-state index in [1.165, 1.54) is 31.2 Å². The summed E-state index contributed by atoms with van der Waals surface area (Å²) >= 11 is 13.7. The van der Waals surface area contributed by atoms with Crippen molar-refractivity contribution in [3.63, 3.8) is 0 Å². The predicted octanol–water partition coefficient (Wildman–Crippen LogP) is 6.31. The highest BCUT2D eigenvalue weighted by Gasteiger charge is 2.45. The molecule has 0 spiro atoms. The van der Waals surface area contributed by atoms with E-state index in [9.17, 15) is 22.8 Å². The molecule has 0 aliphatic carbocycles. The molecule has 2 heterocycles. The predicted molar refractivity (Wildman–Crippen MR) is 150 cm³/mol. The first-order chi connectivity index (χ1) is 18.3. The van der Waals surface area contributed by atoms with E-state index < -0.39 is 35.0 Å². The van der Waals surface area contributed by atoms with Gasteiger partial charge in [-0.1, -0.05) is 35.1 Å². The van der Waals surface area contributed by atoms with E-state index in [4.69, 9.17) is 21.1 Å². The number of fused-ring (bicyclic) bond motifs is 1. The van der Waals surface area contributed by atoms with Gasteiger partial charge in [-0.3, -0.25) is 9.36 Å². The van der Waals surface area contributed by atoms with Crippen molar-refractivity contribution < 1.29 is 27.4 Å². The molecule has 3 aromatic rings. The third kappa shape index (κ3) is 6.18. The van der Waals surface area contributed by atoms with Gasteiger partial charge in [0.15, 0.2) is 10.5 Å². The minimum atomic E-state index is -4.98. The average molecular weight is 709 g/mol. The van der Waals surface area contributed by atoms with Gasteiger partial charge in [0.1, 0.15) is 5.75 Å². The molecule has 206 valence electrons. The molecule has 0 saturated carbocycles. The molecule has 0 fully saturated rings. The fraction of sp³-hybridized carbons (Fsp3) is 0.269. The number of carbonyl (C=O) groups excluding carboxylic acids is 1. The number of nitrogens with zero attached hydrogens (tertiary/aromatic N) is 2. The highest BCUT2D eigenvalue weighted by Crippen LogP contribution is 2.39. The van der Waals surface area contributed by atoms with E-state index in [2.05, 4.69) is 36.9 Å². The summed E-state index contributed by atoms with van der Waals surface area (Å²) in [7, 11) is 0. The van der Waals surface area contributed by atoms with Crippen LogP contribution in [0.25, 0.3) is 6.08 Å². The molecule has 0 amide bonds. The van der Waals surface area contributed by atoms with E-state index in [1.807, 2.05) is 13.8 Å². The van der Waals surface area contributed by atoms with Crippen molar-refractivity contribution in [3.8, 4) is 5.75 Å². The molecule has 39 heavy (non-hydrogen) atoms. The molecule has 13 heteroatoms. The van der Waals surface area contributed by atoms with Crippen molar-refractivity contribution in [1.82, 2.24) is 4.57 Å². The zero-order valence-electron chi connectivity index (χ0n) is 20.6. The van der Waals surface area contributed by atoms with Gasteiger partial charge in [-0.15, -0.1) is 0 Å². The van der Waals surface area contributed by atoms with Crippen molar-refractivity contribution in [2.45, 2.75) is 39.1 Å². The molecule has 1 atom stereocenters. The number of esters is 1. The van der Waals surface area contributed by atoms with Gasteiger partial charge in [0.05, 0.1) is 37.8 Å². The first-order valence-corrected chi connectivity index (χ1v) is 14.3. The zero-order valence-corrected chi connectivity index (χ0v) is 25.4. The Bertz CT molecular complexity index is 1620. The molecule has 6 nitrogen and oxygen atoms in total. The first kappa shape index (κ1) is 29.6. The second-order valence-electron chi connectivity index (χ2n) is 8.60. The van der Waals surface area contributed by atoms with Crippen LogP contribution in [-0.2, 0) is 9.53 Å². The van der Waals surface area contributed by atoms with E-state index in [0.717, 1.165) is 15.9 Å². The van der Waals surface area contributed by atoms with Gasteiger partial charge in [0.2, 0.25) is 0 Å². The lowest BCUT2D eigenvalue weighted by Crippen LogP contribution is -2.41. The Morgan fingerprint density at radius 1 is 1.21 bits per heavy atom. The summed E-state index contributed by atoms with van der Waals surface area (Å²) in [6.45, 7) is 5.08. The van der Waals surface area contributed by atoms with Gasteiger partial charge in [0.25, 0.3) is 5.56 Å². The largest absolute Gasteiger partial charge is 0.489 e. The number of hydrogen-bond donors (Lipinski definition) is 0. The molecule has 4 rings (SSSR count). The fourth-order valence-electron chi connectivity index (χ4n) is 3.96. The summed E-state index contributed by atoms with van der Waals surface area (Å²) < 4.78 is 55.9. The molecule has 0 saturated heterocycles. The van der Waals surface area contributed by atoms with Gasteiger partial charge in [0, 0.05) is 5.02 Å². The Labute approximate surface area is 246 Å². The molecule has 0 bridgehead atoms. The Morgan fingerprint density at radius 2 is 1.82 bits per heavy atom. The van der Waals surface area contributed by atoms with Crippen LogP contribution in [0.1, 0.15) is 37.9 Å². The van der Waals surface area contributed by atoms with Crippen molar-refractivity contribution >= 4 is 66.8 Å². The third-order valence-electron chi connectivity index (χ3n) is 5.45. The maximum absolute atomic E-state index is 14.2. The number of allylic oxidation sites excluding steroid dienone is 1. The van der Waals surface area contributed by atoms with E-state index >= 15 is 0 Å². The third-order valence-corrected chi connectivity index (χ3v) is 7.87. The molecule has 1 aromatic heterocycles. The summed E-state index contributed by atoms with van der Waals surface area (Å²) in [6.07, 6.45) is -3.53. The molecular weight excluding hydrogens is 689 g/mol. The number of carbonyl (C=O) groups is 1. The van der Waals surface area contributed by atoms with E-state index in [0.29, 0.717) is 25.3 Å². The maximum atomic E-state index is 14.2. The fourth-order valence-corrected chi connectivity index (χ4v) is 6.50. The van der Waals surface area contributed by atoms with E-state index in [1.54, 1.807) is 18.2 Å². The normalized spacial score (nSPS) is 15.8. The quantitative estimate of drug-likeness (QED) is 0.282. The molecule has 2 aromatic carbocycles. The van der Waals surface area contributed by atoms with Crippen LogP contribution in [0.5, 0.6) is 5.75 Å². The second-order valence-corrected chi connectivity index (χ2v) is 11.7. The van der Waals surface area contributed by atoms with Crippen LogP contribution >= 0.6 is 54.8 Å². The van der Waals surface area contributed by atoms with Gasteiger partial charge in [-0.05, 0) is 94.1 Å². The zero-order chi connectivity index (χ0) is 28.6. The number of aromatic nitrogens is 1. The SMILES string of the molecule is CCOC(=O)C1=C(C(F)(F)F)N=c2s/c(=C\c3cc(Br)c(OC(C)C)c(Br)c3)c(=O)n2[C@@H]1c1ccc(Cl)cc1. The molecule has 1 aliphatic rings. The molecule has 0 N–H and O–H groups in total. The van der Waals surface area contributed by atoms with E-state index in [-0.39, 0.29) is 27.6 Å². The Morgan fingerprint density at radius 3 is 2.36 bits per heavy atom. The highest BCUT2D eigenvalue weighted by atomic mass is 79.9. The lowest BCUT2D eigenvalue weighted by atomic mass is 9.95. The van der Waals surface area contributed by atoms with Crippen LogP contribution in [0, 0.1) is 0 Å². The van der Waals surface area contributed by atoms with Gasteiger partial charge in [-0.2, -0.15) is 13.2 Å². The van der Waals surface area contributed by atoms with Crippen molar-refractivity contribution in [3.05, 3.63) is 92.5 Å². The second kappa shape index (κ2) is 11.6. The smallest absolute Gasteiger partial charge is 0.434 e. The minimum Gasteiger partial charge on any atom is -0.489 e.